The lowest BCUT2D eigenvalue weighted by Crippen LogP contribution is -2.07. The maximum Gasteiger partial charge on any atom is 0.154 e. The maximum atomic E-state index is 14.3. The molecule has 25 heavy (non-hydrogen) atoms. The molecule has 2 heterocycles. The molecule has 0 bridgehead atoms. The van der Waals surface area contributed by atoms with Crippen molar-refractivity contribution in [2.45, 2.75) is 0 Å². The van der Waals surface area contributed by atoms with E-state index in [-0.39, 0.29) is 5.82 Å². The Morgan fingerprint density at radius 3 is 2.68 bits per heavy atom. The number of aromatic nitrogens is 2. The number of aliphatic imine (C=N–C) groups is 1. The van der Waals surface area contributed by atoms with Crippen LogP contribution in [0.5, 0.6) is 0 Å². The van der Waals surface area contributed by atoms with Crippen LogP contribution in [0.3, 0.4) is 0 Å². The third-order valence-corrected chi connectivity index (χ3v) is 3.70. The van der Waals surface area contributed by atoms with Crippen molar-refractivity contribution in [3.8, 4) is 22.4 Å². The summed E-state index contributed by atoms with van der Waals surface area (Å²) in [6.45, 7) is 0. The molecule has 0 aliphatic carbocycles. The van der Waals surface area contributed by atoms with Crippen LogP contribution in [0, 0.1) is 5.82 Å². The van der Waals surface area contributed by atoms with Gasteiger partial charge in [-0.3, -0.25) is 4.98 Å². The Labute approximate surface area is 150 Å². The van der Waals surface area contributed by atoms with Crippen molar-refractivity contribution in [2.75, 3.05) is 14.1 Å². The second-order valence-electron chi connectivity index (χ2n) is 5.63. The normalized spacial score (nSPS) is 11.0. The van der Waals surface area contributed by atoms with Crippen LogP contribution in [-0.2, 0) is 0 Å². The topological polar surface area (TPSA) is 41.4 Å². The minimum absolute atomic E-state index is 0.359. The summed E-state index contributed by atoms with van der Waals surface area (Å²) >= 11 is 6.03. The molecule has 0 spiro atoms. The Kier molecular flexibility index (Phi) is 5.05. The molecule has 6 heteroatoms. The van der Waals surface area contributed by atoms with E-state index in [2.05, 4.69) is 15.0 Å². The van der Waals surface area contributed by atoms with E-state index in [1.165, 1.54) is 12.1 Å². The predicted molar refractivity (Wildman–Crippen MR) is 99.7 cm³/mol. The summed E-state index contributed by atoms with van der Waals surface area (Å²) in [5, 5.41) is 0.457. The smallest absolute Gasteiger partial charge is 0.154 e. The molecule has 0 atom stereocenters. The highest BCUT2D eigenvalue weighted by Gasteiger charge is 2.13. The molecule has 0 amide bonds. The minimum Gasteiger partial charge on any atom is -0.369 e. The third kappa shape index (κ3) is 4.00. The standard InChI is InChI=1S/C19H16ClFN4/c1-25(2)12-24-18-10-13(7-9-22-18)15-4-3-8-23-19(15)16-11-14(20)5-6-17(16)21/h3-12H,1-2H3/b24-12+. The van der Waals surface area contributed by atoms with Crippen molar-refractivity contribution in [1.82, 2.24) is 14.9 Å². The van der Waals surface area contributed by atoms with E-state index in [0.29, 0.717) is 22.1 Å². The fourth-order valence-electron chi connectivity index (χ4n) is 2.36. The Morgan fingerprint density at radius 2 is 1.88 bits per heavy atom. The van der Waals surface area contributed by atoms with E-state index in [1.807, 2.05) is 43.3 Å². The van der Waals surface area contributed by atoms with E-state index in [4.69, 9.17) is 11.6 Å². The van der Waals surface area contributed by atoms with Crippen molar-refractivity contribution >= 4 is 23.8 Å². The molecular formula is C19H16ClFN4. The molecule has 2 aromatic heterocycles. The van der Waals surface area contributed by atoms with E-state index >= 15 is 0 Å². The van der Waals surface area contributed by atoms with E-state index in [0.717, 1.165) is 11.1 Å². The average molecular weight is 355 g/mol. The highest BCUT2D eigenvalue weighted by molar-refractivity contribution is 6.30. The second-order valence-corrected chi connectivity index (χ2v) is 6.07. The van der Waals surface area contributed by atoms with Crippen molar-refractivity contribution in [2.24, 2.45) is 4.99 Å². The lowest BCUT2D eigenvalue weighted by molar-refractivity contribution is 0.631. The largest absolute Gasteiger partial charge is 0.369 e. The van der Waals surface area contributed by atoms with Gasteiger partial charge in [-0.15, -0.1) is 0 Å². The second kappa shape index (κ2) is 7.40. The van der Waals surface area contributed by atoms with Crippen LogP contribution in [0.2, 0.25) is 5.02 Å². The van der Waals surface area contributed by atoms with E-state index < -0.39 is 0 Å². The van der Waals surface area contributed by atoms with Crippen LogP contribution in [0.4, 0.5) is 10.2 Å². The van der Waals surface area contributed by atoms with Crippen LogP contribution in [0.1, 0.15) is 0 Å². The SMILES string of the molecule is CN(C)/C=N/c1cc(-c2cccnc2-c2cc(Cl)ccc2F)ccn1. The fraction of sp³-hybridized carbons (Fsp3) is 0.105. The first-order valence-corrected chi connectivity index (χ1v) is 8.00. The Bertz CT molecular complexity index is 925. The molecule has 3 rings (SSSR count). The Balaban J connectivity index is 2.11. The van der Waals surface area contributed by atoms with Gasteiger partial charge in [-0.25, -0.2) is 14.4 Å². The number of nitrogens with zero attached hydrogens (tertiary/aromatic N) is 4. The van der Waals surface area contributed by atoms with Gasteiger partial charge in [0.05, 0.1) is 12.0 Å². The van der Waals surface area contributed by atoms with Gasteiger partial charge in [-0.2, -0.15) is 0 Å². The van der Waals surface area contributed by atoms with Gasteiger partial charge >= 0.3 is 0 Å². The van der Waals surface area contributed by atoms with Gasteiger partial charge in [0.25, 0.3) is 0 Å². The van der Waals surface area contributed by atoms with Gasteiger partial charge in [0.1, 0.15) is 5.82 Å². The van der Waals surface area contributed by atoms with Gasteiger partial charge in [0.2, 0.25) is 0 Å². The Morgan fingerprint density at radius 1 is 1.04 bits per heavy atom. The first kappa shape index (κ1) is 17.0. The molecule has 126 valence electrons. The highest BCUT2D eigenvalue weighted by Crippen LogP contribution is 2.33. The monoisotopic (exact) mass is 354 g/mol. The summed E-state index contributed by atoms with van der Waals surface area (Å²) in [5.41, 5.74) is 2.52. The highest BCUT2D eigenvalue weighted by atomic mass is 35.5. The number of rotatable bonds is 4. The molecule has 4 nitrogen and oxygen atoms in total. The summed E-state index contributed by atoms with van der Waals surface area (Å²) in [4.78, 5) is 14.7. The average Bonchev–Trinajstić information content (AvgIpc) is 2.62. The number of hydrogen-bond donors (Lipinski definition) is 0. The molecule has 1 aromatic carbocycles. The molecule has 3 aromatic rings. The van der Waals surface area contributed by atoms with Crippen molar-refractivity contribution in [1.29, 1.82) is 0 Å². The summed E-state index contributed by atoms with van der Waals surface area (Å²) in [6.07, 6.45) is 4.97. The third-order valence-electron chi connectivity index (χ3n) is 3.47. The van der Waals surface area contributed by atoms with E-state index in [1.54, 1.807) is 24.8 Å². The van der Waals surface area contributed by atoms with Crippen LogP contribution in [-0.4, -0.2) is 35.3 Å². The van der Waals surface area contributed by atoms with Crippen molar-refractivity contribution in [3.05, 3.63) is 65.7 Å². The maximum absolute atomic E-state index is 14.3. The van der Waals surface area contributed by atoms with Crippen LogP contribution in [0.15, 0.2) is 59.9 Å². The molecule has 0 saturated heterocycles. The predicted octanol–water partition coefficient (Wildman–Crippen LogP) is 4.82. The summed E-state index contributed by atoms with van der Waals surface area (Å²) in [5.74, 6) is 0.192. The van der Waals surface area contributed by atoms with Crippen LogP contribution >= 0.6 is 11.6 Å². The number of halogens is 2. The number of hydrogen-bond acceptors (Lipinski definition) is 3. The zero-order valence-electron chi connectivity index (χ0n) is 13.8. The molecule has 0 unspecified atom stereocenters. The molecule has 0 saturated carbocycles. The van der Waals surface area contributed by atoms with Gasteiger partial charge in [-0.05, 0) is 42.0 Å². The molecule has 0 N–H and O–H groups in total. The lowest BCUT2D eigenvalue weighted by Gasteiger charge is -2.10. The first-order valence-electron chi connectivity index (χ1n) is 7.62. The minimum atomic E-state index is -0.371. The molecule has 0 aliphatic rings. The van der Waals surface area contributed by atoms with E-state index in [9.17, 15) is 4.39 Å². The Hall–Kier alpha value is -2.79. The number of benzene rings is 1. The van der Waals surface area contributed by atoms with Gasteiger partial charge in [0.15, 0.2) is 5.82 Å². The summed E-state index contributed by atoms with van der Waals surface area (Å²) in [7, 11) is 3.77. The molecule has 0 radical (unpaired) electrons. The molecule has 0 fully saturated rings. The van der Waals surface area contributed by atoms with Gasteiger partial charge < -0.3 is 4.90 Å². The fourth-order valence-corrected chi connectivity index (χ4v) is 2.54. The first-order chi connectivity index (χ1) is 12.0. The van der Waals surface area contributed by atoms with Crippen LogP contribution < -0.4 is 0 Å². The van der Waals surface area contributed by atoms with Gasteiger partial charge in [0, 0.05) is 42.6 Å². The number of pyridine rings is 2. The zero-order valence-corrected chi connectivity index (χ0v) is 14.6. The van der Waals surface area contributed by atoms with Crippen LogP contribution in [0.25, 0.3) is 22.4 Å². The summed E-state index contributed by atoms with van der Waals surface area (Å²) < 4.78 is 14.3. The molecular weight excluding hydrogens is 339 g/mol. The van der Waals surface area contributed by atoms with Gasteiger partial charge in [-0.1, -0.05) is 17.7 Å². The summed E-state index contributed by atoms with van der Waals surface area (Å²) in [6, 6.07) is 11.8. The van der Waals surface area contributed by atoms with Crippen molar-refractivity contribution in [3.63, 3.8) is 0 Å². The quantitative estimate of drug-likeness (QED) is 0.498. The molecule has 0 aliphatic heterocycles. The lowest BCUT2D eigenvalue weighted by atomic mass is 10.00. The van der Waals surface area contributed by atoms with Crippen molar-refractivity contribution < 1.29 is 4.39 Å². The zero-order chi connectivity index (χ0) is 17.8.